The molecular formula is C17H18ClFN6O2. The van der Waals surface area contributed by atoms with Crippen LogP contribution in [0.5, 0.6) is 11.5 Å². The summed E-state index contributed by atoms with van der Waals surface area (Å²) in [5, 5.41) is 11.2. The average molecular weight is 393 g/mol. The number of anilines is 1. The number of ether oxygens (including phenoxy) is 2. The van der Waals surface area contributed by atoms with E-state index >= 15 is 0 Å². The van der Waals surface area contributed by atoms with Crippen LogP contribution in [-0.4, -0.2) is 26.9 Å². The summed E-state index contributed by atoms with van der Waals surface area (Å²) >= 11 is 6.35. The lowest BCUT2D eigenvalue weighted by atomic mass is 10.2. The summed E-state index contributed by atoms with van der Waals surface area (Å²) in [5.41, 5.74) is 9.71. The first kappa shape index (κ1) is 18.7. The van der Waals surface area contributed by atoms with Gasteiger partial charge in [-0.05, 0) is 35.0 Å². The van der Waals surface area contributed by atoms with Gasteiger partial charge in [-0.2, -0.15) is 0 Å². The van der Waals surface area contributed by atoms with Gasteiger partial charge in [0.2, 0.25) is 0 Å². The Hall–Kier alpha value is -3.07. The van der Waals surface area contributed by atoms with Gasteiger partial charge in [0.05, 0.1) is 13.2 Å². The Morgan fingerprint density at radius 1 is 1.19 bits per heavy atom. The number of aromatic nitrogens is 4. The van der Waals surface area contributed by atoms with E-state index in [1.807, 2.05) is 6.92 Å². The zero-order valence-corrected chi connectivity index (χ0v) is 15.3. The average Bonchev–Trinajstić information content (AvgIpc) is 3.06. The molecule has 142 valence electrons. The second-order valence-electron chi connectivity index (χ2n) is 5.49. The highest BCUT2D eigenvalue weighted by Gasteiger charge is 2.13. The smallest absolute Gasteiger partial charge is 0.260 e. The Morgan fingerprint density at radius 2 is 1.96 bits per heavy atom. The molecule has 3 rings (SSSR count). The largest absolute Gasteiger partial charge is 0.490 e. The Morgan fingerprint density at radius 3 is 2.67 bits per heavy atom. The summed E-state index contributed by atoms with van der Waals surface area (Å²) in [7, 11) is 0. The first-order chi connectivity index (χ1) is 13.1. The fourth-order valence-electron chi connectivity index (χ4n) is 2.33. The molecule has 10 heteroatoms. The summed E-state index contributed by atoms with van der Waals surface area (Å²) in [4.78, 5) is 1.24. The Labute approximate surface area is 160 Å². The molecule has 0 saturated heterocycles. The van der Waals surface area contributed by atoms with Crippen LogP contribution in [0.4, 0.5) is 10.3 Å². The van der Waals surface area contributed by atoms with E-state index in [1.165, 1.54) is 10.9 Å². The van der Waals surface area contributed by atoms with Gasteiger partial charge in [-0.3, -0.25) is 0 Å². The maximum absolute atomic E-state index is 13.8. The molecule has 0 radical (unpaired) electrons. The molecule has 0 bridgehead atoms. The van der Waals surface area contributed by atoms with E-state index < -0.39 is 0 Å². The van der Waals surface area contributed by atoms with Gasteiger partial charge in [-0.1, -0.05) is 34.9 Å². The molecule has 0 unspecified atom stereocenters. The topological polar surface area (TPSA) is 100 Å². The van der Waals surface area contributed by atoms with Gasteiger partial charge >= 0.3 is 0 Å². The number of halogens is 2. The Bertz CT molecular complexity index is 920. The minimum atomic E-state index is -0.332. The van der Waals surface area contributed by atoms with Crippen molar-refractivity contribution in [2.24, 2.45) is 0 Å². The number of nitrogens with one attached hydrogen (secondary N) is 1. The van der Waals surface area contributed by atoms with E-state index in [0.29, 0.717) is 35.2 Å². The number of tetrazole rings is 1. The van der Waals surface area contributed by atoms with Crippen LogP contribution >= 0.6 is 11.6 Å². The summed E-state index contributed by atoms with van der Waals surface area (Å²) in [6, 6.07) is 9.79. The van der Waals surface area contributed by atoms with Crippen molar-refractivity contribution >= 4 is 17.5 Å². The summed E-state index contributed by atoms with van der Waals surface area (Å²) in [5.74, 6) is 0.720. The van der Waals surface area contributed by atoms with Crippen molar-refractivity contribution in [1.82, 2.24) is 20.3 Å². The lowest BCUT2D eigenvalue weighted by Crippen LogP contribution is -2.18. The monoisotopic (exact) mass is 392 g/mol. The standard InChI is InChI=1S/C17H18ClFN6O2/c1-2-26-15-7-12(9-21-25-17(20)22-23-24-25)13(18)8-16(15)27-10-11-5-3-4-6-14(11)19/h3-8,21H,2,9-10H2,1H3,(H2,20,22,24). The number of nitrogens with zero attached hydrogens (tertiary/aromatic N) is 4. The van der Waals surface area contributed by atoms with E-state index in [1.54, 1.807) is 30.3 Å². The summed E-state index contributed by atoms with van der Waals surface area (Å²) in [6.45, 7) is 2.66. The van der Waals surface area contributed by atoms with Crippen molar-refractivity contribution < 1.29 is 13.9 Å². The van der Waals surface area contributed by atoms with Gasteiger partial charge in [0, 0.05) is 16.7 Å². The molecule has 0 spiro atoms. The second kappa shape index (κ2) is 8.54. The number of hydrogen-bond acceptors (Lipinski definition) is 7. The van der Waals surface area contributed by atoms with Crippen LogP contribution in [-0.2, 0) is 13.2 Å². The van der Waals surface area contributed by atoms with Crippen LogP contribution in [0.3, 0.4) is 0 Å². The molecule has 8 nitrogen and oxygen atoms in total. The normalized spacial score (nSPS) is 10.6. The quantitative estimate of drug-likeness (QED) is 0.607. The minimum Gasteiger partial charge on any atom is -0.490 e. The predicted octanol–water partition coefficient (Wildman–Crippen LogP) is 2.77. The van der Waals surface area contributed by atoms with Crippen LogP contribution in [0.15, 0.2) is 36.4 Å². The number of nitrogens with two attached hydrogens (primary N) is 1. The van der Waals surface area contributed by atoms with Crippen molar-refractivity contribution in [3.63, 3.8) is 0 Å². The summed E-state index contributed by atoms with van der Waals surface area (Å²) < 4.78 is 25.1. The number of nitrogen functional groups attached to an aromatic ring is 1. The first-order valence-corrected chi connectivity index (χ1v) is 8.55. The Kier molecular flexibility index (Phi) is 5.92. The Balaban J connectivity index is 1.77. The molecule has 0 atom stereocenters. The molecule has 0 fully saturated rings. The molecule has 3 aromatic rings. The van der Waals surface area contributed by atoms with Gasteiger partial charge in [0.25, 0.3) is 5.95 Å². The van der Waals surface area contributed by atoms with E-state index in [9.17, 15) is 4.39 Å². The van der Waals surface area contributed by atoms with Crippen molar-refractivity contribution in [2.45, 2.75) is 20.1 Å². The zero-order valence-electron chi connectivity index (χ0n) is 14.5. The van der Waals surface area contributed by atoms with E-state index in [2.05, 4.69) is 21.0 Å². The lowest BCUT2D eigenvalue weighted by Gasteiger charge is -2.15. The number of benzene rings is 2. The molecule has 3 N–H and O–H groups in total. The maximum Gasteiger partial charge on any atom is 0.260 e. The summed E-state index contributed by atoms with van der Waals surface area (Å²) in [6.07, 6.45) is 0. The molecule has 0 amide bonds. The molecule has 1 heterocycles. The van der Waals surface area contributed by atoms with Crippen LogP contribution < -0.4 is 20.6 Å². The van der Waals surface area contributed by atoms with Crippen LogP contribution in [0, 0.1) is 5.82 Å². The van der Waals surface area contributed by atoms with E-state index in [4.69, 9.17) is 26.8 Å². The highest BCUT2D eigenvalue weighted by atomic mass is 35.5. The van der Waals surface area contributed by atoms with Crippen molar-refractivity contribution in [3.8, 4) is 11.5 Å². The lowest BCUT2D eigenvalue weighted by molar-refractivity contribution is 0.265. The highest BCUT2D eigenvalue weighted by Crippen LogP contribution is 2.34. The zero-order chi connectivity index (χ0) is 19.2. The first-order valence-electron chi connectivity index (χ1n) is 8.17. The van der Waals surface area contributed by atoms with Gasteiger partial charge in [0.15, 0.2) is 11.5 Å². The molecule has 27 heavy (non-hydrogen) atoms. The van der Waals surface area contributed by atoms with Gasteiger partial charge in [-0.15, -0.1) is 4.79 Å². The minimum absolute atomic E-state index is 0.0574. The fraction of sp³-hybridized carbons (Fsp3) is 0.235. The third-order valence-electron chi connectivity index (χ3n) is 3.67. The predicted molar refractivity (Wildman–Crippen MR) is 98.6 cm³/mol. The van der Waals surface area contributed by atoms with Crippen LogP contribution in [0.1, 0.15) is 18.1 Å². The highest BCUT2D eigenvalue weighted by molar-refractivity contribution is 6.31. The molecule has 0 aliphatic rings. The van der Waals surface area contributed by atoms with Gasteiger partial charge < -0.3 is 20.6 Å². The molecule has 2 aromatic carbocycles. The van der Waals surface area contributed by atoms with E-state index in [0.717, 1.165) is 5.56 Å². The van der Waals surface area contributed by atoms with Crippen LogP contribution in [0.2, 0.25) is 5.02 Å². The molecule has 0 aliphatic heterocycles. The van der Waals surface area contributed by atoms with E-state index in [-0.39, 0.29) is 18.4 Å². The maximum atomic E-state index is 13.8. The van der Waals surface area contributed by atoms with Gasteiger partial charge in [-0.25, -0.2) is 4.39 Å². The van der Waals surface area contributed by atoms with Crippen molar-refractivity contribution in [3.05, 3.63) is 58.4 Å². The third kappa shape index (κ3) is 4.56. The number of rotatable bonds is 8. The third-order valence-corrected chi connectivity index (χ3v) is 4.02. The molecule has 0 aliphatic carbocycles. The van der Waals surface area contributed by atoms with Crippen molar-refractivity contribution in [1.29, 1.82) is 0 Å². The molecule has 0 saturated carbocycles. The van der Waals surface area contributed by atoms with Gasteiger partial charge in [0.1, 0.15) is 12.4 Å². The molecular weight excluding hydrogens is 375 g/mol. The van der Waals surface area contributed by atoms with Crippen LogP contribution in [0.25, 0.3) is 0 Å². The second-order valence-corrected chi connectivity index (χ2v) is 5.89. The fourth-order valence-corrected chi connectivity index (χ4v) is 2.55. The van der Waals surface area contributed by atoms with Crippen molar-refractivity contribution in [2.75, 3.05) is 17.8 Å². The SMILES string of the molecule is CCOc1cc(CNn2nnnc2N)c(Cl)cc1OCc1ccccc1F. The molecule has 1 aromatic heterocycles. The number of hydrogen-bond donors (Lipinski definition) is 2.